The number of allylic oxidation sites excluding steroid dienone is 1. The van der Waals surface area contributed by atoms with Crippen molar-refractivity contribution in [1.82, 2.24) is 5.32 Å². The quantitative estimate of drug-likeness (QED) is 0.211. The first-order valence-electron chi connectivity index (χ1n) is 15.3. The fraction of sp³-hybridized carbons (Fsp3) is 0.0488. The van der Waals surface area contributed by atoms with Crippen molar-refractivity contribution < 1.29 is 0 Å². The van der Waals surface area contributed by atoms with Gasteiger partial charge in [0.1, 0.15) is 12.0 Å². The van der Waals surface area contributed by atoms with Crippen molar-refractivity contribution in [2.75, 3.05) is 6.54 Å². The van der Waals surface area contributed by atoms with Crippen molar-refractivity contribution in [2.24, 2.45) is 15.0 Å². The van der Waals surface area contributed by atoms with Gasteiger partial charge in [0.05, 0.1) is 6.54 Å². The van der Waals surface area contributed by atoms with Crippen LogP contribution in [-0.4, -0.2) is 24.4 Å². The number of benzene rings is 6. The topological polar surface area (TPSA) is 49.1 Å². The largest absolute Gasteiger partial charge is 0.344 e. The number of nitrogens with zero attached hydrogens (tertiary/aromatic N) is 3. The van der Waals surface area contributed by atoms with Crippen LogP contribution in [0.15, 0.2) is 167 Å². The molecule has 4 nitrogen and oxygen atoms in total. The molecule has 0 aliphatic carbocycles. The highest BCUT2D eigenvalue weighted by Crippen LogP contribution is 2.39. The van der Waals surface area contributed by atoms with Gasteiger partial charge in [-0.15, -0.1) is 0 Å². The molecule has 0 aromatic heterocycles. The standard InChI is InChI=1S/C41H30N4/c1-3-10-32(11-4-1)39-43-40(33-12-5-2-6-13-33)45-41(44-39)34-21-17-30(18-22-34)37-24-23-29-9-7-8-14-36(29)38(37)31-19-15-28(16-20-31)35-25-26-42-27-35/h1-25,27,39H,26H2,(H,43,44,45). The summed E-state index contributed by atoms with van der Waals surface area (Å²) in [6, 6.07) is 51.2. The fourth-order valence-electron chi connectivity index (χ4n) is 6.13. The highest BCUT2D eigenvalue weighted by atomic mass is 15.2. The van der Waals surface area contributed by atoms with Gasteiger partial charge in [-0.2, -0.15) is 0 Å². The minimum absolute atomic E-state index is 0.227. The summed E-state index contributed by atoms with van der Waals surface area (Å²) < 4.78 is 0. The third-order valence-electron chi connectivity index (χ3n) is 8.44. The second-order valence-corrected chi connectivity index (χ2v) is 11.3. The van der Waals surface area contributed by atoms with E-state index >= 15 is 0 Å². The molecule has 4 heteroatoms. The molecular weight excluding hydrogens is 548 g/mol. The predicted octanol–water partition coefficient (Wildman–Crippen LogP) is 9.14. The lowest BCUT2D eigenvalue weighted by molar-refractivity contribution is 0.674. The molecule has 0 radical (unpaired) electrons. The Hall–Kier alpha value is -5.87. The molecule has 0 bridgehead atoms. The molecule has 0 fully saturated rings. The maximum absolute atomic E-state index is 4.99. The third-order valence-corrected chi connectivity index (χ3v) is 8.44. The number of hydrogen-bond donors (Lipinski definition) is 1. The molecule has 2 heterocycles. The molecule has 8 rings (SSSR count). The van der Waals surface area contributed by atoms with Gasteiger partial charge in [-0.3, -0.25) is 4.99 Å². The van der Waals surface area contributed by atoms with Gasteiger partial charge in [0.25, 0.3) is 0 Å². The molecule has 1 unspecified atom stereocenters. The first-order valence-corrected chi connectivity index (χ1v) is 15.3. The Morgan fingerprint density at radius 3 is 1.98 bits per heavy atom. The van der Waals surface area contributed by atoms with E-state index in [9.17, 15) is 0 Å². The lowest BCUT2D eigenvalue weighted by atomic mass is 9.89. The van der Waals surface area contributed by atoms with Crippen LogP contribution < -0.4 is 5.32 Å². The average Bonchev–Trinajstić information content (AvgIpc) is 3.67. The van der Waals surface area contributed by atoms with Crippen LogP contribution in [0.5, 0.6) is 0 Å². The van der Waals surface area contributed by atoms with E-state index in [2.05, 4.69) is 126 Å². The van der Waals surface area contributed by atoms with E-state index in [0.29, 0.717) is 0 Å². The number of aliphatic imine (C=N–C) groups is 3. The van der Waals surface area contributed by atoms with Gasteiger partial charge < -0.3 is 5.32 Å². The number of amidine groups is 2. The highest BCUT2D eigenvalue weighted by Gasteiger charge is 2.21. The van der Waals surface area contributed by atoms with E-state index in [1.165, 1.54) is 38.6 Å². The van der Waals surface area contributed by atoms with E-state index in [4.69, 9.17) is 9.98 Å². The van der Waals surface area contributed by atoms with Crippen molar-refractivity contribution in [3.8, 4) is 22.3 Å². The van der Waals surface area contributed by atoms with Crippen LogP contribution in [0.25, 0.3) is 38.6 Å². The summed E-state index contributed by atoms with van der Waals surface area (Å²) in [6.07, 6.45) is 3.90. The number of rotatable bonds is 6. The Bertz CT molecular complexity index is 2120. The van der Waals surface area contributed by atoms with Crippen molar-refractivity contribution >= 4 is 34.2 Å². The second-order valence-electron chi connectivity index (χ2n) is 11.3. The zero-order chi connectivity index (χ0) is 30.0. The maximum atomic E-state index is 4.99. The van der Waals surface area contributed by atoms with Crippen LogP contribution in [0.1, 0.15) is 28.4 Å². The minimum atomic E-state index is -0.227. The Morgan fingerprint density at radius 2 is 1.22 bits per heavy atom. The smallest absolute Gasteiger partial charge is 0.159 e. The van der Waals surface area contributed by atoms with Gasteiger partial charge in [-0.25, -0.2) is 9.98 Å². The van der Waals surface area contributed by atoms with Crippen LogP contribution in [0.2, 0.25) is 0 Å². The first-order chi connectivity index (χ1) is 22.3. The third kappa shape index (κ3) is 5.28. The van der Waals surface area contributed by atoms with Crippen molar-refractivity contribution in [1.29, 1.82) is 0 Å². The SMILES string of the molecule is C1=NCC=C1c1ccc(-c2c(-c3ccc(C4=NC(c5ccccc5)=NC(c5ccccc5)N4)cc3)ccc3ccccc23)cc1. The Kier molecular flexibility index (Phi) is 6.93. The van der Waals surface area contributed by atoms with E-state index in [1.807, 2.05) is 42.6 Å². The van der Waals surface area contributed by atoms with Gasteiger partial charge in [-0.05, 0) is 49.7 Å². The Labute approximate surface area is 262 Å². The van der Waals surface area contributed by atoms with Crippen LogP contribution in [-0.2, 0) is 0 Å². The van der Waals surface area contributed by atoms with E-state index in [1.54, 1.807) is 0 Å². The van der Waals surface area contributed by atoms with Gasteiger partial charge in [0.2, 0.25) is 0 Å². The fourth-order valence-corrected chi connectivity index (χ4v) is 6.13. The Morgan fingerprint density at radius 1 is 0.556 bits per heavy atom. The molecule has 0 saturated carbocycles. The van der Waals surface area contributed by atoms with E-state index in [-0.39, 0.29) is 6.17 Å². The highest BCUT2D eigenvalue weighted by molar-refractivity contribution is 6.13. The molecule has 0 saturated heterocycles. The summed E-state index contributed by atoms with van der Waals surface area (Å²) in [4.78, 5) is 14.3. The molecule has 6 aromatic carbocycles. The van der Waals surface area contributed by atoms with Crippen LogP contribution in [0.3, 0.4) is 0 Å². The van der Waals surface area contributed by atoms with Crippen LogP contribution >= 0.6 is 0 Å². The summed E-state index contributed by atoms with van der Waals surface area (Å²) in [5.74, 6) is 1.53. The second kappa shape index (κ2) is 11.7. The molecule has 0 spiro atoms. The first kappa shape index (κ1) is 26.7. The normalized spacial score (nSPS) is 15.7. The van der Waals surface area contributed by atoms with Crippen molar-refractivity contribution in [2.45, 2.75) is 6.17 Å². The van der Waals surface area contributed by atoms with Crippen LogP contribution in [0.4, 0.5) is 0 Å². The number of fused-ring (bicyclic) bond motifs is 1. The molecular formula is C41H30N4. The summed E-state index contributed by atoms with van der Waals surface area (Å²) >= 11 is 0. The van der Waals surface area contributed by atoms with Gasteiger partial charge >= 0.3 is 0 Å². The number of nitrogens with one attached hydrogen (secondary N) is 1. The number of hydrogen-bond acceptors (Lipinski definition) is 4. The van der Waals surface area contributed by atoms with Crippen molar-refractivity contribution in [3.63, 3.8) is 0 Å². The molecule has 1 N–H and O–H groups in total. The molecule has 2 aliphatic heterocycles. The minimum Gasteiger partial charge on any atom is -0.344 e. The zero-order valence-corrected chi connectivity index (χ0v) is 24.6. The molecule has 0 amide bonds. The van der Waals surface area contributed by atoms with Crippen molar-refractivity contribution in [3.05, 3.63) is 174 Å². The van der Waals surface area contributed by atoms with Gasteiger partial charge in [0, 0.05) is 17.3 Å². The molecule has 214 valence electrons. The molecule has 45 heavy (non-hydrogen) atoms. The lowest BCUT2D eigenvalue weighted by Gasteiger charge is -2.24. The predicted molar refractivity (Wildman–Crippen MR) is 188 cm³/mol. The summed E-state index contributed by atoms with van der Waals surface area (Å²) in [5, 5.41) is 6.05. The maximum Gasteiger partial charge on any atom is 0.159 e. The lowest BCUT2D eigenvalue weighted by Crippen LogP contribution is -2.33. The zero-order valence-electron chi connectivity index (χ0n) is 24.6. The molecule has 1 atom stereocenters. The van der Waals surface area contributed by atoms with Gasteiger partial charge in [-0.1, -0.05) is 152 Å². The van der Waals surface area contributed by atoms with Gasteiger partial charge in [0.15, 0.2) is 5.84 Å². The molecule has 2 aliphatic rings. The van der Waals surface area contributed by atoms with E-state index < -0.39 is 0 Å². The molecule has 6 aromatic rings. The summed E-state index contributed by atoms with van der Waals surface area (Å²) in [6.45, 7) is 0.760. The average molecular weight is 579 g/mol. The monoisotopic (exact) mass is 578 g/mol. The van der Waals surface area contributed by atoms with Crippen LogP contribution in [0, 0.1) is 0 Å². The summed E-state index contributed by atoms with van der Waals surface area (Å²) in [5.41, 5.74) is 10.3. The summed E-state index contributed by atoms with van der Waals surface area (Å²) in [7, 11) is 0. The van der Waals surface area contributed by atoms with E-state index in [0.717, 1.165) is 40.5 Å². The Balaban J connectivity index is 1.18.